The summed E-state index contributed by atoms with van der Waals surface area (Å²) < 4.78 is 7.33. The standard InChI is InChI=1S/C13H16ClN3O/c1-17-6-5-16-13(17)11(8-15)10-7-9(14)3-4-12(10)18-2/h3-7,11H,8,15H2,1-2H3. The average Bonchev–Trinajstić information content (AvgIpc) is 2.77. The van der Waals surface area contributed by atoms with E-state index in [4.69, 9.17) is 22.1 Å². The van der Waals surface area contributed by atoms with Crippen molar-refractivity contribution >= 4 is 11.6 Å². The fourth-order valence-corrected chi connectivity index (χ4v) is 2.24. The van der Waals surface area contributed by atoms with Crippen molar-refractivity contribution in [3.8, 4) is 5.75 Å². The van der Waals surface area contributed by atoms with E-state index in [1.807, 2.05) is 29.9 Å². The van der Waals surface area contributed by atoms with Gasteiger partial charge in [-0.2, -0.15) is 0 Å². The van der Waals surface area contributed by atoms with Gasteiger partial charge in [-0.05, 0) is 18.2 Å². The van der Waals surface area contributed by atoms with Crippen LogP contribution in [0.2, 0.25) is 5.02 Å². The molecule has 96 valence electrons. The molecule has 0 aliphatic carbocycles. The molecule has 0 spiro atoms. The van der Waals surface area contributed by atoms with Gasteiger partial charge in [0.2, 0.25) is 0 Å². The highest BCUT2D eigenvalue weighted by molar-refractivity contribution is 6.30. The molecule has 0 fully saturated rings. The van der Waals surface area contributed by atoms with Crippen LogP contribution < -0.4 is 10.5 Å². The quantitative estimate of drug-likeness (QED) is 0.922. The lowest BCUT2D eigenvalue weighted by Gasteiger charge is -2.18. The number of halogens is 1. The Kier molecular flexibility index (Phi) is 3.89. The Hall–Kier alpha value is -1.52. The molecule has 0 amide bonds. The summed E-state index contributed by atoms with van der Waals surface area (Å²) in [6.07, 6.45) is 3.66. The zero-order valence-corrected chi connectivity index (χ0v) is 11.2. The van der Waals surface area contributed by atoms with Gasteiger partial charge in [0.15, 0.2) is 0 Å². The zero-order chi connectivity index (χ0) is 13.1. The van der Waals surface area contributed by atoms with Gasteiger partial charge in [0.25, 0.3) is 0 Å². The summed E-state index contributed by atoms with van der Waals surface area (Å²) in [7, 11) is 3.58. The fourth-order valence-electron chi connectivity index (χ4n) is 2.06. The first-order valence-corrected chi connectivity index (χ1v) is 6.06. The van der Waals surface area contributed by atoms with Gasteiger partial charge in [-0.3, -0.25) is 0 Å². The highest BCUT2D eigenvalue weighted by Gasteiger charge is 2.20. The van der Waals surface area contributed by atoms with Gasteiger partial charge in [-0.1, -0.05) is 11.6 Å². The van der Waals surface area contributed by atoms with Crippen molar-refractivity contribution in [1.29, 1.82) is 0 Å². The second kappa shape index (κ2) is 5.42. The number of aromatic nitrogens is 2. The van der Waals surface area contributed by atoms with Crippen molar-refractivity contribution < 1.29 is 4.74 Å². The third-order valence-corrected chi connectivity index (χ3v) is 3.21. The molecule has 1 heterocycles. The summed E-state index contributed by atoms with van der Waals surface area (Å²) in [4.78, 5) is 4.35. The molecular weight excluding hydrogens is 250 g/mol. The molecule has 2 aromatic rings. The van der Waals surface area contributed by atoms with E-state index in [-0.39, 0.29) is 5.92 Å². The Morgan fingerprint density at radius 3 is 2.83 bits per heavy atom. The molecule has 1 unspecified atom stereocenters. The molecule has 18 heavy (non-hydrogen) atoms. The molecule has 0 aliphatic heterocycles. The van der Waals surface area contributed by atoms with E-state index in [0.717, 1.165) is 17.1 Å². The number of imidazole rings is 1. The number of ether oxygens (including phenoxy) is 1. The third kappa shape index (κ3) is 2.35. The van der Waals surface area contributed by atoms with Crippen LogP contribution in [0.15, 0.2) is 30.6 Å². The van der Waals surface area contributed by atoms with Crippen molar-refractivity contribution in [2.75, 3.05) is 13.7 Å². The first kappa shape index (κ1) is 12.9. The monoisotopic (exact) mass is 265 g/mol. The topological polar surface area (TPSA) is 53.1 Å². The van der Waals surface area contributed by atoms with Crippen molar-refractivity contribution in [2.45, 2.75) is 5.92 Å². The SMILES string of the molecule is COc1ccc(Cl)cc1C(CN)c1nccn1C. The molecule has 2 rings (SSSR count). The number of nitrogens with two attached hydrogens (primary N) is 1. The minimum atomic E-state index is -0.0290. The molecule has 0 bridgehead atoms. The van der Waals surface area contributed by atoms with Crippen LogP contribution in [-0.2, 0) is 7.05 Å². The maximum atomic E-state index is 6.05. The number of nitrogens with zero attached hydrogens (tertiary/aromatic N) is 2. The smallest absolute Gasteiger partial charge is 0.122 e. The Balaban J connectivity index is 2.51. The van der Waals surface area contributed by atoms with Crippen molar-refractivity contribution in [1.82, 2.24) is 9.55 Å². The molecule has 1 atom stereocenters. The molecule has 1 aromatic carbocycles. The second-order valence-electron chi connectivity index (χ2n) is 4.07. The van der Waals surface area contributed by atoms with E-state index in [9.17, 15) is 0 Å². The molecule has 5 heteroatoms. The minimum absolute atomic E-state index is 0.0290. The number of hydrogen-bond acceptors (Lipinski definition) is 3. The normalized spacial score (nSPS) is 12.4. The molecule has 2 N–H and O–H groups in total. The Morgan fingerprint density at radius 1 is 1.50 bits per heavy atom. The second-order valence-corrected chi connectivity index (χ2v) is 4.51. The molecule has 4 nitrogen and oxygen atoms in total. The third-order valence-electron chi connectivity index (χ3n) is 2.97. The molecule has 0 radical (unpaired) electrons. The van der Waals surface area contributed by atoms with Crippen LogP contribution in [0.3, 0.4) is 0 Å². The van der Waals surface area contributed by atoms with Crippen LogP contribution >= 0.6 is 11.6 Å². The lowest BCUT2D eigenvalue weighted by Crippen LogP contribution is -2.18. The highest BCUT2D eigenvalue weighted by atomic mass is 35.5. The Labute approximate surface area is 111 Å². The first-order valence-electron chi connectivity index (χ1n) is 5.68. The molecule has 0 saturated carbocycles. The lowest BCUT2D eigenvalue weighted by atomic mass is 9.97. The molecule has 1 aromatic heterocycles. The lowest BCUT2D eigenvalue weighted by molar-refractivity contribution is 0.406. The zero-order valence-electron chi connectivity index (χ0n) is 10.4. The number of rotatable bonds is 4. The van der Waals surface area contributed by atoms with Crippen molar-refractivity contribution in [2.24, 2.45) is 12.8 Å². The van der Waals surface area contributed by atoms with Gasteiger partial charge in [-0.15, -0.1) is 0 Å². The summed E-state index contributed by atoms with van der Waals surface area (Å²) in [5, 5.41) is 0.665. The highest BCUT2D eigenvalue weighted by Crippen LogP contribution is 2.32. The van der Waals surface area contributed by atoms with E-state index in [2.05, 4.69) is 4.98 Å². The minimum Gasteiger partial charge on any atom is -0.496 e. The molecule has 0 saturated heterocycles. The van der Waals surface area contributed by atoms with E-state index < -0.39 is 0 Å². The van der Waals surface area contributed by atoms with Crippen LogP contribution in [0.5, 0.6) is 5.75 Å². The molecule has 0 aliphatic rings. The Morgan fingerprint density at radius 2 is 2.28 bits per heavy atom. The number of aryl methyl sites for hydroxylation is 1. The van der Waals surface area contributed by atoms with Gasteiger partial charge >= 0.3 is 0 Å². The van der Waals surface area contributed by atoms with Gasteiger partial charge in [0.05, 0.1) is 13.0 Å². The van der Waals surface area contributed by atoms with Crippen LogP contribution in [-0.4, -0.2) is 23.2 Å². The van der Waals surface area contributed by atoms with E-state index in [1.165, 1.54) is 0 Å². The summed E-state index contributed by atoms with van der Waals surface area (Å²) in [5.41, 5.74) is 6.85. The van der Waals surface area contributed by atoms with Crippen molar-refractivity contribution in [3.05, 3.63) is 47.0 Å². The number of hydrogen-bond donors (Lipinski definition) is 1. The predicted molar refractivity (Wildman–Crippen MR) is 72.1 cm³/mol. The van der Waals surface area contributed by atoms with Crippen LogP contribution in [0.1, 0.15) is 17.3 Å². The summed E-state index contributed by atoms with van der Waals surface area (Å²) >= 11 is 6.05. The fraction of sp³-hybridized carbons (Fsp3) is 0.308. The maximum Gasteiger partial charge on any atom is 0.122 e. The summed E-state index contributed by atoms with van der Waals surface area (Å²) in [6.45, 7) is 0.446. The maximum absolute atomic E-state index is 6.05. The first-order chi connectivity index (χ1) is 8.67. The van der Waals surface area contributed by atoms with E-state index in [1.54, 1.807) is 19.4 Å². The van der Waals surface area contributed by atoms with Crippen LogP contribution in [0.4, 0.5) is 0 Å². The van der Waals surface area contributed by atoms with Gasteiger partial charge < -0.3 is 15.0 Å². The van der Waals surface area contributed by atoms with Crippen molar-refractivity contribution in [3.63, 3.8) is 0 Å². The van der Waals surface area contributed by atoms with Crippen LogP contribution in [0.25, 0.3) is 0 Å². The van der Waals surface area contributed by atoms with Gasteiger partial charge in [0.1, 0.15) is 11.6 Å². The van der Waals surface area contributed by atoms with E-state index >= 15 is 0 Å². The number of benzene rings is 1. The van der Waals surface area contributed by atoms with E-state index in [0.29, 0.717) is 11.6 Å². The van der Waals surface area contributed by atoms with Gasteiger partial charge in [0, 0.05) is 36.6 Å². The largest absolute Gasteiger partial charge is 0.496 e. The summed E-state index contributed by atoms with van der Waals surface area (Å²) in [6, 6.07) is 5.53. The summed E-state index contributed by atoms with van der Waals surface area (Å²) in [5.74, 6) is 1.65. The molecular formula is C13H16ClN3O. The Bertz CT molecular complexity index is 539. The van der Waals surface area contributed by atoms with Gasteiger partial charge in [-0.25, -0.2) is 4.98 Å². The predicted octanol–water partition coefficient (Wildman–Crippen LogP) is 2.17. The number of methoxy groups -OCH3 is 1. The van der Waals surface area contributed by atoms with Crippen LogP contribution in [0, 0.1) is 0 Å². The average molecular weight is 266 g/mol.